The molecular weight excluding hydrogens is 716 g/mol. The molecule has 20 nitrogen and oxygen atoms in total. The molecule has 0 spiro atoms. The first-order chi connectivity index (χ1) is 25.4. The minimum absolute atomic E-state index is 0.154. The molecule has 0 saturated heterocycles. The molecule has 0 aliphatic carbocycles. The highest BCUT2D eigenvalue weighted by Gasteiger charge is 2.27. The number of hydrogen-bond donors (Lipinski definition) is 10. The Balaban J connectivity index is 4.76. The SMILES string of the molecule is CCCCCC(=O)C(CCCCNC(=O)CCC(NC(=O)CCC(NC(=O)CCC(NC(=O)CCC(NC(C)=O)C(=O)O)C(=O)O)C(=O)O)C(=O)O)NC. The van der Waals surface area contributed by atoms with E-state index in [1.54, 1.807) is 7.05 Å². The van der Waals surface area contributed by atoms with Crippen molar-refractivity contribution in [2.75, 3.05) is 13.6 Å². The van der Waals surface area contributed by atoms with Crippen LogP contribution in [0.2, 0.25) is 0 Å². The van der Waals surface area contributed by atoms with Crippen LogP contribution in [-0.2, 0) is 47.9 Å². The van der Waals surface area contributed by atoms with Crippen LogP contribution in [0.5, 0.6) is 0 Å². The fourth-order valence-corrected chi connectivity index (χ4v) is 5.16. The molecule has 0 saturated carbocycles. The van der Waals surface area contributed by atoms with Gasteiger partial charge in [0.2, 0.25) is 29.5 Å². The highest BCUT2D eigenvalue weighted by atomic mass is 16.4. The minimum Gasteiger partial charge on any atom is -0.480 e. The number of likely N-dealkylation sites (N-methyl/N-ethyl adjacent to an activating group) is 1. The van der Waals surface area contributed by atoms with Gasteiger partial charge in [-0.25, -0.2) is 19.2 Å². The molecule has 0 aliphatic heterocycles. The quantitative estimate of drug-likeness (QED) is 0.0395. The van der Waals surface area contributed by atoms with E-state index in [-0.39, 0.29) is 31.1 Å². The fourth-order valence-electron chi connectivity index (χ4n) is 5.16. The van der Waals surface area contributed by atoms with Crippen molar-refractivity contribution in [3.05, 3.63) is 0 Å². The molecule has 0 aromatic rings. The van der Waals surface area contributed by atoms with E-state index in [0.717, 1.165) is 26.2 Å². The van der Waals surface area contributed by atoms with Gasteiger partial charge in [-0.2, -0.15) is 0 Å². The van der Waals surface area contributed by atoms with E-state index in [1.807, 2.05) is 0 Å². The van der Waals surface area contributed by atoms with Crippen LogP contribution in [0.25, 0.3) is 0 Å². The Hall–Kier alpha value is -5.14. The molecule has 0 heterocycles. The zero-order chi connectivity index (χ0) is 41.2. The summed E-state index contributed by atoms with van der Waals surface area (Å²) in [5.74, 6) is -9.46. The van der Waals surface area contributed by atoms with Gasteiger partial charge in [0, 0.05) is 45.6 Å². The predicted octanol–water partition coefficient (Wildman–Crippen LogP) is -0.571. The summed E-state index contributed by atoms with van der Waals surface area (Å²) in [7, 11) is 1.73. The zero-order valence-electron chi connectivity index (χ0n) is 31.1. The van der Waals surface area contributed by atoms with Crippen molar-refractivity contribution in [1.29, 1.82) is 0 Å². The third-order valence-electron chi connectivity index (χ3n) is 8.22. The van der Waals surface area contributed by atoms with Crippen LogP contribution in [0.1, 0.15) is 110 Å². The van der Waals surface area contributed by atoms with E-state index in [2.05, 4.69) is 38.8 Å². The second-order valence-corrected chi connectivity index (χ2v) is 12.7. The number of unbranched alkanes of at least 4 members (excludes halogenated alkanes) is 3. The average molecular weight is 773 g/mol. The number of aliphatic carboxylic acids is 4. The lowest BCUT2D eigenvalue weighted by atomic mass is 10.0. The van der Waals surface area contributed by atoms with Crippen LogP contribution < -0.4 is 31.9 Å². The van der Waals surface area contributed by atoms with E-state index in [0.29, 0.717) is 32.2 Å². The van der Waals surface area contributed by atoms with E-state index in [1.165, 1.54) is 0 Å². The first-order valence-electron chi connectivity index (χ1n) is 17.9. The topological polar surface area (TPSA) is 324 Å². The van der Waals surface area contributed by atoms with Crippen LogP contribution in [0, 0.1) is 0 Å². The Bertz CT molecular complexity index is 1310. The van der Waals surface area contributed by atoms with E-state index < -0.39 is 110 Å². The first kappa shape index (κ1) is 48.9. The molecule has 0 aromatic heterocycles. The number of hydrogen-bond acceptors (Lipinski definition) is 11. The maximum Gasteiger partial charge on any atom is 0.326 e. The molecule has 0 aromatic carbocycles. The van der Waals surface area contributed by atoms with Crippen LogP contribution in [0.4, 0.5) is 0 Å². The van der Waals surface area contributed by atoms with Crippen molar-refractivity contribution in [3.8, 4) is 0 Å². The summed E-state index contributed by atoms with van der Waals surface area (Å²) in [5, 5.41) is 51.9. The third-order valence-corrected chi connectivity index (χ3v) is 8.22. The van der Waals surface area contributed by atoms with Gasteiger partial charge in [0.25, 0.3) is 0 Å². The maximum atomic E-state index is 12.5. The molecule has 10 N–H and O–H groups in total. The summed E-state index contributed by atoms with van der Waals surface area (Å²) >= 11 is 0. The maximum absolute atomic E-state index is 12.5. The van der Waals surface area contributed by atoms with Gasteiger partial charge in [-0.3, -0.25) is 28.8 Å². The Morgan fingerprint density at radius 1 is 0.463 bits per heavy atom. The third kappa shape index (κ3) is 22.7. The average Bonchev–Trinajstić information content (AvgIpc) is 3.09. The molecule has 0 aliphatic rings. The summed E-state index contributed by atoms with van der Waals surface area (Å²) in [6, 6.07) is -6.30. The number of ketones is 1. The smallest absolute Gasteiger partial charge is 0.326 e. The van der Waals surface area contributed by atoms with Crippen LogP contribution in [0.15, 0.2) is 0 Å². The summed E-state index contributed by atoms with van der Waals surface area (Å²) in [6.45, 7) is 3.45. The number of carboxylic acids is 4. The molecule has 0 bridgehead atoms. The molecular formula is C34H56N6O14. The van der Waals surface area contributed by atoms with Crippen LogP contribution in [-0.4, -0.2) is 123 Å². The van der Waals surface area contributed by atoms with E-state index in [9.17, 15) is 63.3 Å². The number of carboxylic acid groups (broad SMARTS) is 4. The lowest BCUT2D eigenvalue weighted by molar-refractivity contribution is -0.144. The number of amides is 5. The molecule has 5 atom stereocenters. The van der Waals surface area contributed by atoms with Crippen molar-refractivity contribution in [2.24, 2.45) is 0 Å². The van der Waals surface area contributed by atoms with Crippen molar-refractivity contribution < 1.29 is 68.4 Å². The van der Waals surface area contributed by atoms with Gasteiger partial charge in [-0.1, -0.05) is 19.8 Å². The lowest BCUT2D eigenvalue weighted by Gasteiger charge is -2.18. The predicted molar refractivity (Wildman–Crippen MR) is 190 cm³/mol. The standard InChI is InChI=1S/C34H56N6O14/c1-4-5-6-10-26(42)21(35-3)9-7-8-19-36-27(43)15-11-23(32(49)50)38-29(45)17-13-25(34(53)54)40-30(46)18-14-24(33(51)52)39-28(44)16-12-22(31(47)48)37-20(2)41/h21-25,35H,4-19H2,1-3H3,(H,36,43)(H,37,41)(H,38,45)(H,39,44)(H,40,46)(H,47,48)(H,49,50)(H,51,52)(H,53,54). The molecule has 54 heavy (non-hydrogen) atoms. The van der Waals surface area contributed by atoms with Gasteiger partial charge in [0.15, 0.2) is 0 Å². The van der Waals surface area contributed by atoms with Gasteiger partial charge in [0.05, 0.1) is 6.04 Å². The number of Topliss-reactive ketones (excluding diaryl/α,β-unsaturated/α-hetero) is 1. The fraction of sp³-hybridized carbons (Fsp3) is 0.706. The molecule has 20 heteroatoms. The highest BCUT2D eigenvalue weighted by Crippen LogP contribution is 2.09. The Labute approximate surface area is 313 Å². The number of carbonyl (C=O) groups is 10. The normalized spacial score (nSPS) is 13.5. The first-order valence-corrected chi connectivity index (χ1v) is 17.9. The van der Waals surface area contributed by atoms with Gasteiger partial charge < -0.3 is 52.3 Å². The van der Waals surface area contributed by atoms with Crippen molar-refractivity contribution >= 4 is 59.2 Å². The van der Waals surface area contributed by atoms with Crippen LogP contribution >= 0.6 is 0 Å². The Morgan fingerprint density at radius 3 is 1.20 bits per heavy atom. The summed E-state index contributed by atoms with van der Waals surface area (Å²) in [5.41, 5.74) is 0. The highest BCUT2D eigenvalue weighted by molar-refractivity contribution is 5.88. The van der Waals surface area contributed by atoms with E-state index in [4.69, 9.17) is 5.11 Å². The summed E-state index contributed by atoms with van der Waals surface area (Å²) in [6.07, 6.45) is 1.97. The van der Waals surface area contributed by atoms with Crippen molar-refractivity contribution in [2.45, 2.75) is 140 Å². The van der Waals surface area contributed by atoms with E-state index >= 15 is 0 Å². The molecule has 306 valence electrons. The second kappa shape index (κ2) is 27.5. The molecule has 0 rings (SSSR count). The largest absolute Gasteiger partial charge is 0.480 e. The van der Waals surface area contributed by atoms with Crippen LogP contribution in [0.3, 0.4) is 0 Å². The zero-order valence-corrected chi connectivity index (χ0v) is 31.1. The minimum atomic E-state index is -1.61. The molecule has 0 radical (unpaired) electrons. The Morgan fingerprint density at radius 2 is 0.852 bits per heavy atom. The molecule has 5 amide bonds. The number of nitrogens with one attached hydrogen (secondary N) is 6. The Kier molecular flexibility index (Phi) is 24.8. The number of rotatable bonds is 31. The van der Waals surface area contributed by atoms with Gasteiger partial charge in [-0.15, -0.1) is 0 Å². The van der Waals surface area contributed by atoms with Crippen molar-refractivity contribution in [1.82, 2.24) is 31.9 Å². The molecule has 5 unspecified atom stereocenters. The lowest BCUT2D eigenvalue weighted by Crippen LogP contribution is -2.45. The number of carbonyl (C=O) groups excluding carboxylic acids is 6. The van der Waals surface area contributed by atoms with Crippen molar-refractivity contribution in [3.63, 3.8) is 0 Å². The molecule has 0 fully saturated rings. The summed E-state index contributed by atoms with van der Waals surface area (Å²) < 4.78 is 0. The van der Waals surface area contributed by atoms with Gasteiger partial charge >= 0.3 is 23.9 Å². The van der Waals surface area contributed by atoms with Gasteiger partial charge in [0.1, 0.15) is 30.0 Å². The second-order valence-electron chi connectivity index (χ2n) is 12.7. The summed E-state index contributed by atoms with van der Waals surface area (Å²) in [4.78, 5) is 119. The monoisotopic (exact) mass is 772 g/mol. The van der Waals surface area contributed by atoms with Gasteiger partial charge in [-0.05, 0) is 58.4 Å².